The van der Waals surface area contributed by atoms with E-state index in [1.807, 2.05) is 64.6 Å². The van der Waals surface area contributed by atoms with E-state index in [9.17, 15) is 0 Å². The summed E-state index contributed by atoms with van der Waals surface area (Å²) in [5, 5.41) is 1.89. The van der Waals surface area contributed by atoms with Gasteiger partial charge in [-0.15, -0.1) is 10.2 Å². The molecule has 0 saturated carbocycles. The molecule has 1 aromatic heterocycles. The molecule has 4 aromatic carbocycles. The van der Waals surface area contributed by atoms with Gasteiger partial charge in [0.05, 0.1) is 23.1 Å². The number of ether oxygens (including phenoxy) is 1. The Bertz CT molecular complexity index is 2280. The van der Waals surface area contributed by atoms with Gasteiger partial charge < -0.3 is 14.5 Å². The molecule has 0 atom stereocenters. The highest BCUT2D eigenvalue weighted by molar-refractivity contribution is 6.32. The number of nitrogens with zero attached hydrogens (tertiary/aromatic N) is 2. The lowest BCUT2D eigenvalue weighted by Gasteiger charge is -2.23. The fourth-order valence-corrected chi connectivity index (χ4v) is 6.63. The lowest BCUT2D eigenvalue weighted by molar-refractivity contribution is -2.00. The minimum atomic E-state index is -4.94. The Morgan fingerprint density at radius 3 is 2.02 bits per heavy atom. The minimum Gasteiger partial charge on any atom is -0.456 e. The lowest BCUT2D eigenvalue weighted by Crippen LogP contribution is -2.68. The van der Waals surface area contributed by atoms with Crippen LogP contribution in [-0.4, -0.2) is 28.2 Å². The molecule has 2 heterocycles. The summed E-state index contributed by atoms with van der Waals surface area (Å²) in [6.45, 7) is 0. The van der Waals surface area contributed by atoms with Gasteiger partial charge in [-0.1, -0.05) is 84.4 Å². The zero-order chi connectivity index (χ0) is 38.4. The molecule has 1 aliphatic heterocycles. The van der Waals surface area contributed by atoms with E-state index in [2.05, 4.69) is 107 Å². The SMILES string of the molecule is CN(C)c1ccc2c(c1)OC(c1ccccc1)=C/C2=C\C=C1/CCCC(/C=C/c2cc(-c3ccccc3)[o+]c3cc(N(C)C)ccc23)=C1Cl.[O-][Cl+3]([O-])([O-])[O-]. The Balaban J connectivity index is 0.000000934. The normalized spacial score (nSPS) is 15.8. The molecule has 1 aliphatic carbocycles. The van der Waals surface area contributed by atoms with Crippen LogP contribution in [0.3, 0.4) is 0 Å². The molecular formula is C44H40Cl2N2O6. The van der Waals surface area contributed by atoms with Gasteiger partial charge in [0.1, 0.15) is 11.5 Å². The van der Waals surface area contributed by atoms with Crippen LogP contribution >= 0.6 is 11.6 Å². The summed E-state index contributed by atoms with van der Waals surface area (Å²) in [6, 6.07) is 35.4. The summed E-state index contributed by atoms with van der Waals surface area (Å²) in [6.07, 6.45) is 13.8. The molecular weight excluding hydrogens is 723 g/mol. The van der Waals surface area contributed by atoms with Crippen molar-refractivity contribution in [3.63, 3.8) is 0 Å². The molecule has 0 saturated heterocycles. The van der Waals surface area contributed by atoms with Gasteiger partial charge in [0.2, 0.25) is 0 Å². The van der Waals surface area contributed by atoms with Crippen LogP contribution in [0.2, 0.25) is 0 Å². The van der Waals surface area contributed by atoms with Gasteiger partial charge in [-0.25, -0.2) is 23.1 Å². The largest absolute Gasteiger partial charge is 0.456 e. The fourth-order valence-electron chi connectivity index (χ4n) is 6.31. The van der Waals surface area contributed by atoms with Gasteiger partial charge in [0, 0.05) is 67.4 Å². The summed E-state index contributed by atoms with van der Waals surface area (Å²) in [5.41, 5.74) is 10.6. The number of rotatable bonds is 7. The average molecular weight is 764 g/mol. The number of hydrogen-bond donors (Lipinski definition) is 0. The number of hydrogen-bond acceptors (Lipinski definition) is 7. The maximum atomic E-state index is 8.49. The minimum absolute atomic E-state index is 0.824. The lowest BCUT2D eigenvalue weighted by atomic mass is 9.92. The number of halogens is 2. The molecule has 10 heteroatoms. The Morgan fingerprint density at radius 2 is 1.35 bits per heavy atom. The summed E-state index contributed by atoms with van der Waals surface area (Å²) in [7, 11) is 3.23. The molecule has 0 unspecified atom stereocenters. The van der Waals surface area contributed by atoms with E-state index in [1.54, 1.807) is 0 Å². The highest BCUT2D eigenvalue weighted by Gasteiger charge is 2.21. The second-order valence-electron chi connectivity index (χ2n) is 13.3. The predicted molar refractivity (Wildman–Crippen MR) is 208 cm³/mol. The number of allylic oxidation sites excluding steroid dienone is 8. The van der Waals surface area contributed by atoms with E-state index in [1.165, 1.54) is 0 Å². The van der Waals surface area contributed by atoms with E-state index in [-0.39, 0.29) is 0 Å². The summed E-state index contributed by atoms with van der Waals surface area (Å²) >= 11 is 7.18. The Morgan fingerprint density at radius 1 is 0.722 bits per heavy atom. The van der Waals surface area contributed by atoms with E-state index in [0.717, 1.165) is 103 Å². The van der Waals surface area contributed by atoms with E-state index < -0.39 is 10.2 Å². The third-order valence-electron chi connectivity index (χ3n) is 9.10. The number of benzene rings is 4. The van der Waals surface area contributed by atoms with Gasteiger partial charge in [-0.05, 0) is 78.5 Å². The van der Waals surface area contributed by atoms with Crippen LogP contribution in [0.1, 0.15) is 36.0 Å². The van der Waals surface area contributed by atoms with Crippen LogP contribution in [-0.2, 0) is 0 Å². The topological polar surface area (TPSA) is 119 Å². The van der Waals surface area contributed by atoms with Crippen molar-refractivity contribution in [3.05, 3.63) is 160 Å². The number of fused-ring (bicyclic) bond motifs is 2. The second-order valence-corrected chi connectivity index (χ2v) is 14.4. The van der Waals surface area contributed by atoms with Crippen LogP contribution in [0.15, 0.2) is 148 Å². The molecule has 0 bridgehead atoms. The summed E-state index contributed by atoms with van der Waals surface area (Å²) in [5.74, 6) is 2.51. The molecule has 5 aromatic rings. The Kier molecular flexibility index (Phi) is 12.0. The second kappa shape index (κ2) is 16.9. The average Bonchev–Trinajstić information content (AvgIpc) is 3.16. The first-order chi connectivity index (χ1) is 25.8. The molecule has 0 radical (unpaired) electrons. The number of anilines is 2. The van der Waals surface area contributed by atoms with Crippen molar-refractivity contribution < 1.29 is 38.0 Å². The summed E-state index contributed by atoms with van der Waals surface area (Å²) in [4.78, 5) is 4.18. The molecule has 276 valence electrons. The van der Waals surface area contributed by atoms with Crippen LogP contribution in [0.5, 0.6) is 5.75 Å². The Labute approximate surface area is 322 Å². The van der Waals surface area contributed by atoms with Crippen molar-refractivity contribution in [1.82, 2.24) is 0 Å². The van der Waals surface area contributed by atoms with Crippen molar-refractivity contribution in [3.8, 4) is 17.1 Å². The van der Waals surface area contributed by atoms with Crippen molar-refractivity contribution >= 4 is 51.4 Å². The molecule has 54 heavy (non-hydrogen) atoms. The zero-order valence-corrected chi connectivity index (χ0v) is 31.9. The molecule has 0 spiro atoms. The maximum absolute atomic E-state index is 8.49. The molecule has 0 amide bonds. The quantitative estimate of drug-likeness (QED) is 0.165. The zero-order valence-electron chi connectivity index (χ0n) is 30.4. The first-order valence-corrected chi connectivity index (χ1v) is 19.0. The van der Waals surface area contributed by atoms with Crippen LogP contribution in [0.4, 0.5) is 11.4 Å². The van der Waals surface area contributed by atoms with Gasteiger partial charge >= 0.3 is 11.3 Å². The highest BCUT2D eigenvalue weighted by atomic mass is 35.7. The first-order valence-electron chi connectivity index (χ1n) is 17.3. The first kappa shape index (κ1) is 38.5. The van der Waals surface area contributed by atoms with E-state index >= 15 is 0 Å². The van der Waals surface area contributed by atoms with Crippen molar-refractivity contribution in [2.45, 2.75) is 19.3 Å². The smallest absolute Gasteiger partial charge is 0.363 e. The van der Waals surface area contributed by atoms with Crippen LogP contribution in [0.25, 0.3) is 39.7 Å². The molecule has 7 rings (SSSR count). The van der Waals surface area contributed by atoms with Gasteiger partial charge in [0.15, 0.2) is 0 Å². The third kappa shape index (κ3) is 9.67. The molecule has 0 fully saturated rings. The van der Waals surface area contributed by atoms with Gasteiger partial charge in [0.25, 0.3) is 0 Å². The Hall–Kier alpha value is -5.19. The monoisotopic (exact) mass is 762 g/mol. The van der Waals surface area contributed by atoms with Crippen molar-refractivity contribution in [2.75, 3.05) is 38.0 Å². The fraction of sp³-hybridized carbons (Fsp3) is 0.159. The molecule has 2 aliphatic rings. The third-order valence-corrected chi connectivity index (χ3v) is 9.58. The molecule has 8 nitrogen and oxygen atoms in total. The van der Waals surface area contributed by atoms with E-state index in [4.69, 9.17) is 39.4 Å². The predicted octanol–water partition coefficient (Wildman–Crippen LogP) is 6.89. The molecule has 0 N–H and O–H groups in total. The highest BCUT2D eigenvalue weighted by Crippen LogP contribution is 2.40. The van der Waals surface area contributed by atoms with Crippen molar-refractivity contribution in [1.29, 1.82) is 0 Å². The van der Waals surface area contributed by atoms with Gasteiger partial charge in [-0.2, -0.15) is 0 Å². The standard InChI is InChI=1S/C44H40ClN2O2.ClHO4/c1-46(2)36-22-24-38-34(26-40(48-42(38)28-36)30-12-7-5-8-13-30)20-18-32-16-11-17-33(44(32)45)19-21-35-27-41(31-14-9-6-10-15-31)49-43-29-37(47(3)4)23-25-39(35)43;2-1(3,4)5/h5-10,12-15,18-29H,11,16-17H2,1-4H3;(H,2,3,4,5)/q+1;/p-1. The van der Waals surface area contributed by atoms with Crippen LogP contribution in [0, 0.1) is 10.2 Å². The van der Waals surface area contributed by atoms with Crippen LogP contribution < -0.4 is 33.2 Å². The van der Waals surface area contributed by atoms with E-state index in [0.29, 0.717) is 0 Å². The van der Waals surface area contributed by atoms with Gasteiger partial charge in [-0.3, -0.25) is 0 Å². The maximum Gasteiger partial charge on any atom is 0.363 e. The van der Waals surface area contributed by atoms with Crippen molar-refractivity contribution in [2.24, 2.45) is 0 Å². The summed E-state index contributed by atoms with van der Waals surface area (Å²) < 4.78 is 46.9.